The molecule has 0 amide bonds. The fourth-order valence-corrected chi connectivity index (χ4v) is 6.09. The molecule has 3 aliphatic heterocycles. The molecule has 0 aromatic heterocycles. The van der Waals surface area contributed by atoms with Crippen LogP contribution < -0.4 is 5.73 Å². The summed E-state index contributed by atoms with van der Waals surface area (Å²) < 4.78 is 25.6. The molecule has 0 radical (unpaired) electrons. The second-order valence-electron chi connectivity index (χ2n) is 10.8. The number of benzene rings is 3. The second-order valence-corrected chi connectivity index (χ2v) is 10.8. The molecule has 7 heteroatoms. The zero-order valence-electron chi connectivity index (χ0n) is 22.3. The van der Waals surface area contributed by atoms with Crippen LogP contribution in [-0.4, -0.2) is 54.7 Å². The minimum absolute atomic E-state index is 0.0133. The van der Waals surface area contributed by atoms with Crippen LogP contribution in [0.2, 0.25) is 0 Å². The highest BCUT2D eigenvalue weighted by Gasteiger charge is 2.45. The number of aliphatic hydroxyl groups excluding tert-OH is 1. The van der Waals surface area contributed by atoms with Gasteiger partial charge < -0.3 is 34.7 Å². The number of hydrogen-bond donors (Lipinski definition) is 2. The smallest absolute Gasteiger partial charge is 0.184 e. The molecule has 3 N–H and O–H groups in total. The molecule has 0 bridgehead atoms. The van der Waals surface area contributed by atoms with Gasteiger partial charge in [-0.15, -0.1) is 0 Å². The van der Waals surface area contributed by atoms with Crippen molar-refractivity contribution in [3.63, 3.8) is 0 Å². The number of rotatable bonds is 7. The first-order valence-corrected chi connectivity index (χ1v) is 14.0. The summed E-state index contributed by atoms with van der Waals surface area (Å²) in [5.74, 6) is -0.420. The monoisotopic (exact) mass is 530 g/mol. The van der Waals surface area contributed by atoms with Gasteiger partial charge in [-0.1, -0.05) is 78.9 Å². The Labute approximate surface area is 230 Å². The van der Waals surface area contributed by atoms with E-state index in [9.17, 15) is 5.11 Å². The molecule has 39 heavy (non-hydrogen) atoms. The number of ether oxygens (including phenoxy) is 4. The molecule has 1 unspecified atom stereocenters. The van der Waals surface area contributed by atoms with E-state index < -0.39 is 12.1 Å². The molecule has 7 nitrogen and oxygen atoms in total. The largest absolute Gasteiger partial charge is 0.392 e. The van der Waals surface area contributed by atoms with Crippen molar-refractivity contribution in [3.8, 4) is 0 Å². The molecular weight excluding hydrogens is 492 g/mol. The van der Waals surface area contributed by atoms with Crippen LogP contribution in [0.15, 0.2) is 78.9 Å². The van der Waals surface area contributed by atoms with E-state index >= 15 is 0 Å². The molecule has 0 saturated carbocycles. The predicted molar refractivity (Wildman–Crippen MR) is 148 cm³/mol. The van der Waals surface area contributed by atoms with Gasteiger partial charge in [-0.25, -0.2) is 0 Å². The molecule has 3 saturated heterocycles. The Hall–Kier alpha value is -2.62. The highest BCUT2D eigenvalue weighted by Crippen LogP contribution is 2.47. The summed E-state index contributed by atoms with van der Waals surface area (Å²) in [6, 6.07) is 26.8. The maximum atomic E-state index is 9.62. The Morgan fingerprint density at radius 3 is 2.05 bits per heavy atom. The van der Waals surface area contributed by atoms with Crippen molar-refractivity contribution in [2.45, 2.75) is 56.2 Å². The number of aliphatic hydroxyl groups is 1. The van der Waals surface area contributed by atoms with Crippen LogP contribution in [-0.2, 0) is 32.1 Å². The lowest BCUT2D eigenvalue weighted by molar-refractivity contribution is -0.265. The third-order valence-electron chi connectivity index (χ3n) is 8.33. The van der Waals surface area contributed by atoms with Gasteiger partial charge >= 0.3 is 0 Å². The summed E-state index contributed by atoms with van der Waals surface area (Å²) >= 11 is 0. The molecule has 3 aliphatic rings. The number of likely N-dealkylation sites (tertiary alicyclic amines) is 1. The van der Waals surface area contributed by atoms with Gasteiger partial charge in [0, 0.05) is 50.5 Å². The molecule has 0 aliphatic carbocycles. The van der Waals surface area contributed by atoms with Gasteiger partial charge in [0.05, 0.1) is 32.0 Å². The van der Waals surface area contributed by atoms with Crippen molar-refractivity contribution in [1.82, 2.24) is 4.90 Å². The van der Waals surface area contributed by atoms with E-state index in [1.807, 2.05) is 30.3 Å². The molecule has 3 heterocycles. The lowest BCUT2D eigenvalue weighted by Gasteiger charge is -2.46. The minimum atomic E-state index is -0.512. The molecule has 4 atom stereocenters. The lowest BCUT2D eigenvalue weighted by Crippen LogP contribution is -2.50. The van der Waals surface area contributed by atoms with Crippen molar-refractivity contribution >= 4 is 0 Å². The Morgan fingerprint density at radius 2 is 1.41 bits per heavy atom. The zero-order valence-corrected chi connectivity index (χ0v) is 22.3. The average molecular weight is 531 g/mol. The van der Waals surface area contributed by atoms with E-state index in [1.54, 1.807) is 0 Å². The van der Waals surface area contributed by atoms with Crippen LogP contribution in [0.5, 0.6) is 0 Å². The van der Waals surface area contributed by atoms with Crippen LogP contribution in [0.4, 0.5) is 0 Å². The van der Waals surface area contributed by atoms with E-state index in [-0.39, 0.29) is 24.7 Å². The van der Waals surface area contributed by atoms with Crippen LogP contribution in [0.1, 0.15) is 59.0 Å². The molecule has 206 valence electrons. The van der Waals surface area contributed by atoms with Crippen LogP contribution in [0, 0.1) is 0 Å². The number of nitrogens with zero attached hydrogens (tertiary/aromatic N) is 1. The van der Waals surface area contributed by atoms with E-state index in [0.29, 0.717) is 19.8 Å². The zero-order chi connectivity index (χ0) is 26.7. The summed E-state index contributed by atoms with van der Waals surface area (Å²) in [4.78, 5) is 2.47. The normalized spacial score (nSPS) is 27.1. The van der Waals surface area contributed by atoms with Gasteiger partial charge in [0.15, 0.2) is 12.1 Å². The molecular formula is C32H38N2O5. The summed E-state index contributed by atoms with van der Waals surface area (Å²) in [6.07, 6.45) is 0.879. The van der Waals surface area contributed by atoms with Crippen molar-refractivity contribution < 1.29 is 24.1 Å². The van der Waals surface area contributed by atoms with Gasteiger partial charge in [0.1, 0.15) is 0 Å². The quantitative estimate of drug-likeness (QED) is 0.468. The Kier molecular flexibility index (Phi) is 8.09. The Morgan fingerprint density at radius 1 is 0.769 bits per heavy atom. The first-order chi connectivity index (χ1) is 19.2. The maximum Gasteiger partial charge on any atom is 0.184 e. The number of piperidine rings is 1. The summed E-state index contributed by atoms with van der Waals surface area (Å²) in [5.41, 5.74) is 11.0. The topological polar surface area (TPSA) is 86.4 Å². The molecule has 3 aromatic rings. The first-order valence-electron chi connectivity index (χ1n) is 14.0. The Balaban J connectivity index is 1.32. The van der Waals surface area contributed by atoms with Gasteiger partial charge in [-0.05, 0) is 22.3 Å². The average Bonchev–Trinajstić information content (AvgIpc) is 3.46. The predicted octanol–water partition coefficient (Wildman–Crippen LogP) is 4.42. The molecule has 3 aromatic carbocycles. The van der Waals surface area contributed by atoms with Gasteiger partial charge in [0.25, 0.3) is 0 Å². The fourth-order valence-electron chi connectivity index (χ4n) is 6.09. The van der Waals surface area contributed by atoms with Crippen molar-refractivity contribution in [2.24, 2.45) is 5.73 Å². The molecule has 6 rings (SSSR count). The summed E-state index contributed by atoms with van der Waals surface area (Å²) in [6.45, 7) is 4.44. The van der Waals surface area contributed by atoms with Gasteiger partial charge in [-0.3, -0.25) is 0 Å². The first kappa shape index (κ1) is 26.6. The highest BCUT2D eigenvalue weighted by atomic mass is 16.7. The lowest BCUT2D eigenvalue weighted by atomic mass is 9.83. The summed E-state index contributed by atoms with van der Waals surface area (Å²) in [7, 11) is 0. The van der Waals surface area contributed by atoms with E-state index in [4.69, 9.17) is 24.7 Å². The van der Waals surface area contributed by atoms with Crippen LogP contribution in [0.3, 0.4) is 0 Å². The van der Waals surface area contributed by atoms with Crippen molar-refractivity contribution in [1.29, 1.82) is 0 Å². The second kappa shape index (κ2) is 11.9. The standard InChI is InChI=1S/C32H38N2O5/c33-20-23-6-12-27(13-7-23)31-38-28(21-34-16-14-32(15-17-34)36-18-19-37-32)29(25-4-2-1-3-5-25)30(39-31)26-10-8-24(22-35)9-11-26/h1-13,28-31,35H,14-22,33H2/t28-,29-,30+,31?/m1/s1. The summed E-state index contributed by atoms with van der Waals surface area (Å²) in [5, 5.41) is 9.62. The van der Waals surface area contributed by atoms with Crippen molar-refractivity contribution in [2.75, 3.05) is 32.8 Å². The van der Waals surface area contributed by atoms with Crippen molar-refractivity contribution in [3.05, 3.63) is 107 Å². The van der Waals surface area contributed by atoms with Gasteiger partial charge in [0.2, 0.25) is 0 Å². The highest BCUT2D eigenvalue weighted by molar-refractivity contribution is 5.32. The van der Waals surface area contributed by atoms with E-state index in [1.165, 1.54) is 5.56 Å². The van der Waals surface area contributed by atoms with Crippen LogP contribution >= 0.6 is 0 Å². The number of hydrogen-bond acceptors (Lipinski definition) is 7. The fraction of sp³-hybridized carbons (Fsp3) is 0.438. The Bertz CT molecular complexity index is 1190. The maximum absolute atomic E-state index is 9.62. The van der Waals surface area contributed by atoms with E-state index in [0.717, 1.165) is 54.7 Å². The molecule has 3 fully saturated rings. The third kappa shape index (κ3) is 5.81. The number of nitrogens with two attached hydrogens (primary N) is 1. The van der Waals surface area contributed by atoms with E-state index in [2.05, 4.69) is 53.4 Å². The van der Waals surface area contributed by atoms with Gasteiger partial charge in [-0.2, -0.15) is 0 Å². The third-order valence-corrected chi connectivity index (χ3v) is 8.33. The van der Waals surface area contributed by atoms with Crippen LogP contribution in [0.25, 0.3) is 0 Å². The minimum Gasteiger partial charge on any atom is -0.392 e. The molecule has 1 spiro atoms. The SMILES string of the molecule is NCc1ccc(C2O[C@H](CN3CCC4(CC3)OCCO4)[C@@H](c3ccccc3)[C@H](c3ccc(CO)cc3)O2)cc1.